The molecule has 23 N–H and O–H groups in total. The Morgan fingerprint density at radius 2 is 0.925 bits per heavy atom. The first-order valence-electron chi connectivity index (χ1n) is 36.6. The Balaban J connectivity index is 0.893. The van der Waals surface area contributed by atoms with E-state index in [0.29, 0.717) is 86.7 Å². The fourth-order valence-corrected chi connectivity index (χ4v) is 18.2. The molecule has 0 aliphatic carbocycles. The van der Waals surface area contributed by atoms with E-state index in [0.717, 1.165) is 0 Å². The highest BCUT2D eigenvalue weighted by molar-refractivity contribution is 8.00. The standard InChI is InChI=1S/C65H116N2O35S5/c68-21-34-44(77)47(80)52(85)61(95-34)100-56-32(74)19-41(93-37(56)24-71)105-15-5-11-90-29-65(8-14-89-10-4-17-107-63-55(88)49(82)46(79)36(23-70)99-63,30-91-12-6-16-106-42-20-33(75)57(38(25-72)94-42)101-62-53(86)48(81)45(78)35(22-69)96-62)28-67-64(103)66-9-18-104-27-40-31-7-2-1-3-13-92-59-54(87)50(83)58(39(26-73)97-59)102-60(98-40)51(84)43(31)76/h31-63,68-88H,1-30H2,(H2,66,67,103)/t31-,32+,33+,34?,35?,36?,37?,38?,39?,40?,41-,42-,43-,44-,45-,46-,47-,48-,49-,50+,51?,52?,53?,54?,55?,56+,57+,58-,59+,60-,61-,62-,63-,65?/m0/s1. The Morgan fingerprint density at radius 3 is 1.47 bits per heavy atom. The minimum atomic E-state index is -1.75. The predicted molar refractivity (Wildman–Crippen MR) is 382 cm³/mol. The van der Waals surface area contributed by atoms with Gasteiger partial charge in [-0.3, -0.25) is 0 Å². The molecular formula is C65H116N2O35S5. The van der Waals surface area contributed by atoms with E-state index >= 15 is 0 Å². The highest BCUT2D eigenvalue weighted by Gasteiger charge is 2.54. The molecule has 10 aliphatic rings. The normalized spacial score (nSPS) is 42.3. The highest BCUT2D eigenvalue weighted by atomic mass is 32.2. The summed E-state index contributed by atoms with van der Waals surface area (Å²) in [6.45, 7) is -2.03. The Morgan fingerprint density at radius 1 is 0.430 bits per heavy atom. The summed E-state index contributed by atoms with van der Waals surface area (Å²) in [5.41, 5.74) is -3.06. The maximum Gasteiger partial charge on any atom is 0.187 e. The second-order valence-corrected chi connectivity index (χ2v) is 33.3. The van der Waals surface area contributed by atoms with E-state index in [-0.39, 0.29) is 70.7 Å². The molecule has 10 fully saturated rings. The summed E-state index contributed by atoms with van der Waals surface area (Å²) in [6.07, 6.45) is -36.2. The minimum Gasteiger partial charge on any atom is -0.394 e. The number of rotatable bonds is 39. The molecule has 10 saturated heterocycles. The number of nitrogens with one attached hydrogen (secondary N) is 2. The quantitative estimate of drug-likeness (QED) is 0.0201. The predicted octanol–water partition coefficient (Wildman–Crippen LogP) is -8.44. The van der Waals surface area contributed by atoms with Crippen molar-refractivity contribution < 1.29 is 174 Å². The maximum absolute atomic E-state index is 11.5. The van der Waals surface area contributed by atoms with Gasteiger partial charge in [-0.15, -0.1) is 35.3 Å². The van der Waals surface area contributed by atoms with Gasteiger partial charge in [0.1, 0.15) is 144 Å². The van der Waals surface area contributed by atoms with Crippen molar-refractivity contribution in [1.29, 1.82) is 0 Å². The molecule has 107 heavy (non-hydrogen) atoms. The van der Waals surface area contributed by atoms with Crippen LogP contribution in [0.1, 0.15) is 64.2 Å². The molecule has 12 unspecified atom stereocenters. The first kappa shape index (κ1) is 92.2. The van der Waals surface area contributed by atoms with Crippen LogP contribution in [-0.2, 0) is 66.3 Å². The molecule has 0 aromatic heterocycles. The Bertz CT molecular complexity index is 2400. The average molecular weight is 1650 g/mol. The zero-order valence-corrected chi connectivity index (χ0v) is 63.5. The molecule has 42 heteroatoms. The molecule has 0 aromatic rings. The van der Waals surface area contributed by atoms with E-state index in [2.05, 4.69) is 10.6 Å². The van der Waals surface area contributed by atoms with Crippen LogP contribution in [0.25, 0.3) is 0 Å². The summed E-state index contributed by atoms with van der Waals surface area (Å²) in [6, 6.07) is 0. The number of thioether (sulfide) groups is 4. The van der Waals surface area contributed by atoms with Gasteiger partial charge in [0.25, 0.3) is 0 Å². The van der Waals surface area contributed by atoms with Crippen molar-refractivity contribution >= 4 is 64.4 Å². The lowest BCUT2D eigenvalue weighted by atomic mass is 9.85. The zero-order valence-electron chi connectivity index (χ0n) is 59.4. The lowest BCUT2D eigenvalue weighted by Crippen LogP contribution is -2.63. The van der Waals surface area contributed by atoms with E-state index in [1.54, 1.807) is 0 Å². The third-order valence-corrected chi connectivity index (χ3v) is 25.1. The van der Waals surface area contributed by atoms with E-state index < -0.39 is 245 Å². The second-order valence-electron chi connectivity index (χ2n) is 28.0. The van der Waals surface area contributed by atoms with Crippen LogP contribution in [0.5, 0.6) is 0 Å². The largest absolute Gasteiger partial charge is 0.394 e. The summed E-state index contributed by atoms with van der Waals surface area (Å²) in [5.74, 6) is 1.61. The van der Waals surface area contributed by atoms with Crippen LogP contribution in [0.15, 0.2) is 0 Å². The molecule has 4 bridgehead atoms. The number of aliphatic hydroxyl groups excluding tert-OH is 21. The molecule has 0 amide bonds. The number of thiocarbonyl (C=S) groups is 1. The van der Waals surface area contributed by atoms with E-state index in [4.69, 9.17) is 78.5 Å². The fourth-order valence-electron chi connectivity index (χ4n) is 13.8. The van der Waals surface area contributed by atoms with Gasteiger partial charge in [0.15, 0.2) is 30.3 Å². The van der Waals surface area contributed by atoms with Crippen molar-refractivity contribution in [2.75, 3.05) is 128 Å². The summed E-state index contributed by atoms with van der Waals surface area (Å²) >= 11 is 11.3. The van der Waals surface area contributed by atoms with Crippen molar-refractivity contribution in [2.24, 2.45) is 11.3 Å². The summed E-state index contributed by atoms with van der Waals surface area (Å²) in [4.78, 5) is 0. The van der Waals surface area contributed by atoms with Gasteiger partial charge in [0, 0.05) is 81.8 Å². The van der Waals surface area contributed by atoms with Crippen molar-refractivity contribution in [3.8, 4) is 0 Å². The van der Waals surface area contributed by atoms with Crippen LogP contribution in [0.2, 0.25) is 0 Å². The van der Waals surface area contributed by atoms with Gasteiger partial charge in [-0.2, -0.15) is 11.8 Å². The van der Waals surface area contributed by atoms with Crippen molar-refractivity contribution in [3.05, 3.63) is 0 Å². The molecule has 0 saturated carbocycles. The van der Waals surface area contributed by atoms with Gasteiger partial charge >= 0.3 is 0 Å². The third-order valence-electron chi connectivity index (χ3n) is 20.1. The smallest absolute Gasteiger partial charge is 0.187 e. The van der Waals surface area contributed by atoms with Gasteiger partial charge in [0.2, 0.25) is 0 Å². The monoisotopic (exact) mass is 1640 g/mol. The van der Waals surface area contributed by atoms with Gasteiger partial charge in [0.05, 0.1) is 77.3 Å². The average Bonchev–Trinajstić information content (AvgIpc) is 1.71. The van der Waals surface area contributed by atoms with Crippen LogP contribution in [-0.4, -0.2) is 434 Å². The molecule has 0 aromatic carbocycles. The Hall–Kier alpha value is -0.310. The molecular weight excluding hydrogens is 1530 g/mol. The molecule has 37 nitrogen and oxygen atoms in total. The number of hydrogen-bond donors (Lipinski definition) is 23. The fraction of sp³-hybridized carbons (Fsp3) is 0.985. The minimum absolute atomic E-state index is 0.0252. The number of ether oxygens (including phenoxy) is 14. The van der Waals surface area contributed by atoms with Crippen molar-refractivity contribution in [2.45, 2.75) is 258 Å². The summed E-state index contributed by atoms with van der Waals surface area (Å²) < 4.78 is 83.5. The van der Waals surface area contributed by atoms with Crippen LogP contribution < -0.4 is 10.6 Å². The molecule has 33 atom stereocenters. The lowest BCUT2D eigenvalue weighted by Gasteiger charge is -2.47. The maximum atomic E-state index is 11.5. The SMILES string of the molecule is OCC1O[C@@H](O[C@H]2C(CO)O[C@@H](SCCCOCC(CCOCCCS[C@@H]3OC(CO)[C@H](O)[C@H](O)C3O)(CNC(=S)NCCSCC3O[C@H]4O[C@H]5C(CO)O[C@@H](OCCCCC[C@@H]3[C@H](O)C4O)C(O)[C@H]5O)COCCCS[C@H]3C[C@@H](O)[C@@H](O[C@@H]4OC(CO)[C@H](O)[C@H](O)C4O)C(CO)O3)C[C@H]2O)C(O)[C@@H](O)[C@H]1O. The van der Waals surface area contributed by atoms with Crippen LogP contribution >= 0.6 is 59.3 Å². The molecule has 10 rings (SSSR count). The third kappa shape index (κ3) is 25.8. The van der Waals surface area contributed by atoms with Crippen molar-refractivity contribution in [3.63, 3.8) is 0 Å². The van der Waals surface area contributed by atoms with E-state index in [1.807, 2.05) is 0 Å². The van der Waals surface area contributed by atoms with Crippen LogP contribution in [0.3, 0.4) is 0 Å². The Labute approximate surface area is 642 Å². The van der Waals surface area contributed by atoms with Gasteiger partial charge in [-0.05, 0) is 68.0 Å². The van der Waals surface area contributed by atoms with E-state index in [9.17, 15) is 107 Å². The van der Waals surface area contributed by atoms with Crippen LogP contribution in [0, 0.1) is 11.3 Å². The second kappa shape index (κ2) is 46.6. The zero-order chi connectivity index (χ0) is 77.5. The Kier molecular flexibility index (Phi) is 40.1. The first-order chi connectivity index (χ1) is 51.4. The molecule has 10 aliphatic heterocycles. The summed E-state index contributed by atoms with van der Waals surface area (Å²) in [7, 11) is 0. The van der Waals surface area contributed by atoms with Crippen LogP contribution in [0.4, 0.5) is 0 Å². The van der Waals surface area contributed by atoms with Gasteiger partial charge < -0.3 is 184 Å². The number of fused-ring (bicyclic) bond motifs is 2. The van der Waals surface area contributed by atoms with Crippen molar-refractivity contribution in [1.82, 2.24) is 10.6 Å². The summed E-state index contributed by atoms with van der Waals surface area (Å²) in [5, 5.41) is 228. The van der Waals surface area contributed by atoms with Gasteiger partial charge in [-0.1, -0.05) is 12.8 Å². The van der Waals surface area contributed by atoms with Gasteiger partial charge in [-0.25, -0.2) is 0 Å². The molecule has 0 radical (unpaired) electrons. The lowest BCUT2D eigenvalue weighted by molar-refractivity contribution is -0.353. The number of aliphatic hydroxyl groups is 21. The highest BCUT2D eigenvalue weighted by Crippen LogP contribution is 2.39. The molecule has 0 spiro atoms. The van der Waals surface area contributed by atoms with E-state index in [1.165, 1.54) is 47.0 Å². The topological polar surface area (TPSA) is 578 Å². The first-order valence-corrected chi connectivity index (χ1v) is 41.3. The number of hydrogen-bond acceptors (Lipinski definition) is 40. The molecule has 10 heterocycles. The molecule has 626 valence electrons.